The van der Waals surface area contributed by atoms with E-state index in [1.165, 1.54) is 0 Å². The van der Waals surface area contributed by atoms with Gasteiger partial charge in [0, 0.05) is 31.8 Å². The number of ether oxygens (including phenoxy) is 1. The molecule has 1 aromatic rings. The summed E-state index contributed by atoms with van der Waals surface area (Å²) in [6.07, 6.45) is -0.751. The Labute approximate surface area is 122 Å². The minimum atomic E-state index is -2.45. The Bertz CT molecular complexity index is 508. The molecule has 1 aliphatic rings. The number of benzene rings is 1. The first kappa shape index (κ1) is 15.9. The zero-order valence-corrected chi connectivity index (χ0v) is 12.0. The van der Waals surface area contributed by atoms with Crippen LogP contribution in [0, 0.1) is 0 Å². The maximum atomic E-state index is 12.0. The van der Waals surface area contributed by atoms with Crippen LogP contribution in [0.2, 0.25) is 0 Å². The smallest absolute Gasteiger partial charge is 0.261 e. The number of alkyl halides is 2. The fourth-order valence-electron chi connectivity index (χ4n) is 2.46. The molecule has 1 aliphatic heterocycles. The lowest BCUT2D eigenvalue weighted by Crippen LogP contribution is -2.31. The average Bonchev–Trinajstić information content (AvgIpc) is 2.46. The third-order valence-corrected chi connectivity index (χ3v) is 3.69. The summed E-state index contributed by atoms with van der Waals surface area (Å²) in [6.45, 7) is -0.342. The van der Waals surface area contributed by atoms with Gasteiger partial charge in [0.15, 0.2) is 0 Å². The topological polar surface area (TPSA) is 55.6 Å². The molecule has 0 fully saturated rings. The molecule has 0 saturated carbocycles. The van der Waals surface area contributed by atoms with Crippen molar-refractivity contribution in [2.24, 2.45) is 5.73 Å². The van der Waals surface area contributed by atoms with E-state index in [2.05, 4.69) is 0 Å². The molecule has 0 saturated heterocycles. The molecule has 116 valence electrons. The molecule has 1 amide bonds. The first-order valence-corrected chi connectivity index (χ1v) is 7.00. The number of amides is 1. The van der Waals surface area contributed by atoms with Crippen LogP contribution < -0.4 is 10.6 Å². The van der Waals surface area contributed by atoms with Gasteiger partial charge < -0.3 is 15.4 Å². The number of anilines is 1. The first-order valence-electron chi connectivity index (χ1n) is 7.00. The molecule has 0 aromatic heterocycles. The molecular weight excluding hydrogens is 278 g/mol. The molecule has 4 nitrogen and oxygen atoms in total. The summed E-state index contributed by atoms with van der Waals surface area (Å²) < 4.78 is 28.7. The molecule has 2 N–H and O–H groups in total. The number of halogens is 2. The number of aryl methyl sites for hydroxylation is 1. The van der Waals surface area contributed by atoms with Crippen molar-refractivity contribution in [3.8, 4) is 0 Å². The standard InChI is InChI=1S/C15H20F2N2O2/c1-19-13-4-2-10(8-11(13)3-5-15(19)20)12(18)6-7-21-9-14(16)17/h2,4,8,12,14H,3,5-7,9,18H2,1H3. The van der Waals surface area contributed by atoms with Crippen LogP contribution in [0.15, 0.2) is 18.2 Å². The lowest BCUT2D eigenvalue weighted by Gasteiger charge is -2.26. The van der Waals surface area contributed by atoms with E-state index in [0.29, 0.717) is 19.3 Å². The Hall–Kier alpha value is -1.53. The third-order valence-electron chi connectivity index (χ3n) is 3.69. The van der Waals surface area contributed by atoms with Gasteiger partial charge in [0.25, 0.3) is 6.43 Å². The van der Waals surface area contributed by atoms with E-state index in [-0.39, 0.29) is 18.6 Å². The molecule has 1 atom stereocenters. The zero-order valence-electron chi connectivity index (χ0n) is 12.0. The summed E-state index contributed by atoms with van der Waals surface area (Å²) in [5, 5.41) is 0. The van der Waals surface area contributed by atoms with Gasteiger partial charge >= 0.3 is 0 Å². The van der Waals surface area contributed by atoms with E-state index < -0.39 is 13.0 Å². The summed E-state index contributed by atoms with van der Waals surface area (Å²) in [5.41, 5.74) is 9.01. The van der Waals surface area contributed by atoms with Crippen molar-refractivity contribution in [3.05, 3.63) is 29.3 Å². The van der Waals surface area contributed by atoms with E-state index in [9.17, 15) is 13.6 Å². The summed E-state index contributed by atoms with van der Waals surface area (Å²) in [5.74, 6) is 0.111. The fraction of sp³-hybridized carbons (Fsp3) is 0.533. The summed E-state index contributed by atoms with van der Waals surface area (Å²) in [4.78, 5) is 13.3. The molecular formula is C15H20F2N2O2. The normalized spacial score (nSPS) is 16.2. The molecule has 0 spiro atoms. The quantitative estimate of drug-likeness (QED) is 0.820. The van der Waals surface area contributed by atoms with Crippen molar-refractivity contribution in [3.63, 3.8) is 0 Å². The minimum Gasteiger partial charge on any atom is -0.375 e. The van der Waals surface area contributed by atoms with Gasteiger partial charge in [-0.25, -0.2) is 8.78 Å². The van der Waals surface area contributed by atoms with E-state index >= 15 is 0 Å². The number of hydrogen-bond acceptors (Lipinski definition) is 3. The van der Waals surface area contributed by atoms with Crippen molar-refractivity contribution < 1.29 is 18.3 Å². The number of nitrogens with zero attached hydrogens (tertiary/aromatic N) is 1. The van der Waals surface area contributed by atoms with E-state index in [1.54, 1.807) is 11.9 Å². The van der Waals surface area contributed by atoms with Crippen molar-refractivity contribution >= 4 is 11.6 Å². The Kier molecular flexibility index (Phi) is 5.25. The van der Waals surface area contributed by atoms with Gasteiger partial charge in [-0.1, -0.05) is 12.1 Å². The molecule has 21 heavy (non-hydrogen) atoms. The van der Waals surface area contributed by atoms with Gasteiger partial charge in [-0.2, -0.15) is 0 Å². The summed E-state index contributed by atoms with van der Waals surface area (Å²) in [6, 6.07) is 5.51. The highest BCUT2D eigenvalue weighted by Gasteiger charge is 2.21. The van der Waals surface area contributed by atoms with E-state index in [0.717, 1.165) is 16.8 Å². The van der Waals surface area contributed by atoms with Gasteiger partial charge in [-0.15, -0.1) is 0 Å². The second-order valence-corrected chi connectivity index (χ2v) is 5.20. The third kappa shape index (κ3) is 3.98. The molecule has 2 rings (SSSR count). The lowest BCUT2D eigenvalue weighted by molar-refractivity contribution is -0.118. The highest BCUT2D eigenvalue weighted by molar-refractivity contribution is 5.95. The van der Waals surface area contributed by atoms with Crippen LogP contribution in [0.25, 0.3) is 0 Å². The van der Waals surface area contributed by atoms with Crippen LogP contribution in [0.4, 0.5) is 14.5 Å². The molecule has 1 heterocycles. The number of carbonyl (C=O) groups excluding carboxylic acids is 1. The Morgan fingerprint density at radius 1 is 1.38 bits per heavy atom. The van der Waals surface area contributed by atoms with Gasteiger partial charge in [-0.3, -0.25) is 4.79 Å². The van der Waals surface area contributed by atoms with Gasteiger partial charge in [-0.05, 0) is 30.0 Å². The summed E-state index contributed by atoms with van der Waals surface area (Å²) >= 11 is 0. The molecule has 1 unspecified atom stereocenters. The van der Waals surface area contributed by atoms with Crippen LogP contribution in [0.5, 0.6) is 0 Å². The molecule has 0 aliphatic carbocycles. The second kappa shape index (κ2) is 6.95. The molecule has 0 bridgehead atoms. The van der Waals surface area contributed by atoms with Crippen LogP contribution in [-0.4, -0.2) is 32.6 Å². The molecule has 0 radical (unpaired) electrons. The van der Waals surface area contributed by atoms with Gasteiger partial charge in [0.2, 0.25) is 5.91 Å². The largest absolute Gasteiger partial charge is 0.375 e. The van der Waals surface area contributed by atoms with E-state index in [4.69, 9.17) is 10.5 Å². The zero-order chi connectivity index (χ0) is 15.4. The van der Waals surface area contributed by atoms with Crippen LogP contribution in [0.3, 0.4) is 0 Å². The second-order valence-electron chi connectivity index (χ2n) is 5.20. The summed E-state index contributed by atoms with van der Waals surface area (Å²) in [7, 11) is 1.76. The number of carbonyl (C=O) groups is 1. The number of rotatable bonds is 6. The monoisotopic (exact) mass is 298 g/mol. The van der Waals surface area contributed by atoms with Crippen LogP contribution >= 0.6 is 0 Å². The highest BCUT2D eigenvalue weighted by atomic mass is 19.3. The minimum absolute atomic E-state index is 0.111. The fourth-order valence-corrected chi connectivity index (χ4v) is 2.46. The Morgan fingerprint density at radius 2 is 2.14 bits per heavy atom. The van der Waals surface area contributed by atoms with Gasteiger partial charge in [0.05, 0.1) is 0 Å². The van der Waals surface area contributed by atoms with Crippen molar-refractivity contribution in [2.45, 2.75) is 31.7 Å². The van der Waals surface area contributed by atoms with Crippen molar-refractivity contribution in [1.82, 2.24) is 0 Å². The molecule has 1 aromatic carbocycles. The maximum Gasteiger partial charge on any atom is 0.261 e. The number of hydrogen-bond donors (Lipinski definition) is 1. The first-order chi connectivity index (χ1) is 9.99. The SMILES string of the molecule is CN1C(=O)CCc2cc(C(N)CCOCC(F)F)ccc21. The van der Waals surface area contributed by atoms with Crippen LogP contribution in [-0.2, 0) is 16.0 Å². The Morgan fingerprint density at radius 3 is 2.86 bits per heavy atom. The van der Waals surface area contributed by atoms with E-state index in [1.807, 2.05) is 18.2 Å². The predicted molar refractivity (Wildman–Crippen MR) is 76.5 cm³/mol. The lowest BCUT2D eigenvalue weighted by atomic mass is 9.95. The number of nitrogens with two attached hydrogens (primary N) is 1. The maximum absolute atomic E-state index is 12.0. The van der Waals surface area contributed by atoms with Crippen molar-refractivity contribution in [1.29, 1.82) is 0 Å². The Balaban J connectivity index is 1.96. The van der Waals surface area contributed by atoms with Gasteiger partial charge in [0.1, 0.15) is 6.61 Å². The number of fused-ring (bicyclic) bond motifs is 1. The van der Waals surface area contributed by atoms with Crippen LogP contribution in [0.1, 0.15) is 30.0 Å². The van der Waals surface area contributed by atoms with Crippen molar-refractivity contribution in [2.75, 3.05) is 25.2 Å². The predicted octanol–water partition coefficient (Wildman–Crippen LogP) is 2.27. The average molecular weight is 298 g/mol. The highest BCUT2D eigenvalue weighted by Crippen LogP contribution is 2.29. The molecule has 6 heteroatoms.